The summed E-state index contributed by atoms with van der Waals surface area (Å²) in [5.74, 6) is 0.316. The molecule has 0 fully saturated rings. The van der Waals surface area contributed by atoms with E-state index >= 15 is 0 Å². The minimum atomic E-state index is -0.528. The normalized spacial score (nSPS) is 20.4. The summed E-state index contributed by atoms with van der Waals surface area (Å²) in [6, 6.07) is 3.69. The highest BCUT2D eigenvalue weighted by atomic mass is 16.5. The van der Waals surface area contributed by atoms with E-state index < -0.39 is 12.1 Å². The molecule has 0 bridgehead atoms. The van der Waals surface area contributed by atoms with E-state index in [9.17, 15) is 19.5 Å². The maximum Gasteiger partial charge on any atom is 0.323 e. The van der Waals surface area contributed by atoms with Gasteiger partial charge in [0, 0.05) is 44.4 Å². The van der Waals surface area contributed by atoms with Crippen LogP contribution in [0.25, 0.3) is 0 Å². The predicted molar refractivity (Wildman–Crippen MR) is 172 cm³/mol. The number of hydrogen-bond acceptors (Lipinski definition) is 8. The number of rotatable bonds is 7. The number of ether oxygens (including phenoxy) is 2. The van der Waals surface area contributed by atoms with Crippen molar-refractivity contribution in [1.29, 1.82) is 0 Å². The molecular formula is C32H50N6O7. The Morgan fingerprint density at radius 2 is 1.89 bits per heavy atom. The number of hydrogen-bond donors (Lipinski definition) is 4. The number of anilines is 2. The van der Waals surface area contributed by atoms with Crippen molar-refractivity contribution in [3.63, 3.8) is 0 Å². The second-order valence-corrected chi connectivity index (χ2v) is 12.3. The molecule has 0 unspecified atom stereocenters. The van der Waals surface area contributed by atoms with Crippen molar-refractivity contribution in [3.8, 4) is 5.75 Å². The molecule has 0 aliphatic carbocycles. The highest BCUT2D eigenvalue weighted by Crippen LogP contribution is 2.29. The summed E-state index contributed by atoms with van der Waals surface area (Å²) in [5.41, 5.74) is 1.65. The molecule has 1 aliphatic rings. The van der Waals surface area contributed by atoms with E-state index in [4.69, 9.17) is 14.0 Å². The number of urea groups is 2. The zero-order valence-electron chi connectivity index (χ0n) is 27.8. The van der Waals surface area contributed by atoms with Crippen LogP contribution in [0.4, 0.5) is 21.0 Å². The zero-order valence-corrected chi connectivity index (χ0v) is 27.8. The Morgan fingerprint density at radius 3 is 2.53 bits per heavy atom. The summed E-state index contributed by atoms with van der Waals surface area (Å²) in [6.07, 6.45) is 1.86. The smallest absolute Gasteiger partial charge is 0.323 e. The summed E-state index contributed by atoms with van der Waals surface area (Å²) in [5, 5.41) is 22.5. The van der Waals surface area contributed by atoms with Gasteiger partial charge in [-0.1, -0.05) is 12.1 Å². The van der Waals surface area contributed by atoms with Crippen molar-refractivity contribution in [3.05, 3.63) is 35.2 Å². The third-order valence-electron chi connectivity index (χ3n) is 7.79. The molecule has 250 valence electrons. The fourth-order valence-electron chi connectivity index (χ4n) is 5.11. The fourth-order valence-corrected chi connectivity index (χ4v) is 5.11. The van der Waals surface area contributed by atoms with Crippen LogP contribution in [0.1, 0.15) is 75.7 Å². The van der Waals surface area contributed by atoms with Crippen molar-refractivity contribution in [2.45, 2.75) is 92.0 Å². The molecule has 4 N–H and O–H groups in total. The van der Waals surface area contributed by atoms with E-state index in [0.717, 1.165) is 19.3 Å². The van der Waals surface area contributed by atoms with Crippen molar-refractivity contribution >= 4 is 29.3 Å². The molecule has 2 aromatic rings. The SMILES string of the molecule is Cc1noc(C)c1NC(=O)Nc1ccc2c(c1)C(=O)N([C@H](C)CO)C[C@H](C)[C@H](CN(C)C(=O)NC(C)C)OCCCC[C@H](C)O2. The Bertz CT molecular complexity index is 1280. The van der Waals surface area contributed by atoms with Crippen molar-refractivity contribution in [1.82, 2.24) is 20.3 Å². The lowest BCUT2D eigenvalue weighted by Crippen LogP contribution is -2.49. The van der Waals surface area contributed by atoms with E-state index in [-0.39, 0.29) is 54.8 Å². The van der Waals surface area contributed by atoms with Crippen LogP contribution in [0.5, 0.6) is 5.75 Å². The molecule has 45 heavy (non-hydrogen) atoms. The summed E-state index contributed by atoms with van der Waals surface area (Å²) in [6.45, 7) is 13.8. The minimum Gasteiger partial charge on any atom is -0.490 e. The number of likely N-dealkylation sites (N-methyl/N-ethyl adjacent to an activating group) is 1. The molecule has 0 spiro atoms. The maximum absolute atomic E-state index is 14.3. The largest absolute Gasteiger partial charge is 0.490 e. The molecule has 1 aromatic carbocycles. The van der Waals surface area contributed by atoms with Crippen molar-refractivity contribution in [2.75, 3.05) is 44.0 Å². The zero-order chi connectivity index (χ0) is 33.3. The van der Waals surface area contributed by atoms with Gasteiger partial charge in [-0.2, -0.15) is 0 Å². The van der Waals surface area contributed by atoms with Crippen LogP contribution in [-0.4, -0.2) is 95.7 Å². The van der Waals surface area contributed by atoms with Crippen LogP contribution < -0.4 is 20.7 Å². The number of nitrogens with one attached hydrogen (secondary N) is 3. The Labute approximate surface area is 266 Å². The average molecular weight is 631 g/mol. The standard InChI is InChI=1S/C32H50N6O7/c1-19(2)33-32(42)37(8)17-28-20(3)16-38(21(4)18-39)30(40)26-15-25(34-31(41)35-29-23(6)36-45-24(29)7)12-13-27(26)44-22(5)11-9-10-14-43-28/h12-13,15,19-22,28,39H,9-11,14,16-18H2,1-8H3,(H,33,42)(H2,34,35,41)/t20-,21+,22-,28-/m0/s1. The lowest BCUT2D eigenvalue weighted by molar-refractivity contribution is -0.0122. The Hall–Kier alpha value is -3.84. The lowest BCUT2D eigenvalue weighted by Gasteiger charge is -2.36. The Balaban J connectivity index is 1.93. The molecule has 13 nitrogen and oxygen atoms in total. The predicted octanol–water partition coefficient (Wildman–Crippen LogP) is 4.78. The number of aromatic nitrogens is 1. The average Bonchev–Trinajstić information content (AvgIpc) is 3.30. The summed E-state index contributed by atoms with van der Waals surface area (Å²) in [4.78, 5) is 43.0. The Kier molecular flexibility index (Phi) is 13.0. The highest BCUT2D eigenvalue weighted by Gasteiger charge is 2.31. The van der Waals surface area contributed by atoms with Crippen LogP contribution in [0, 0.1) is 19.8 Å². The monoisotopic (exact) mass is 630 g/mol. The van der Waals surface area contributed by atoms with Crippen LogP contribution >= 0.6 is 0 Å². The van der Waals surface area contributed by atoms with Gasteiger partial charge in [0.1, 0.15) is 17.1 Å². The number of aliphatic hydroxyl groups is 1. The van der Waals surface area contributed by atoms with Gasteiger partial charge in [0.2, 0.25) is 0 Å². The van der Waals surface area contributed by atoms with Gasteiger partial charge in [-0.05, 0) is 79.0 Å². The molecule has 5 amide bonds. The van der Waals surface area contributed by atoms with Gasteiger partial charge in [-0.15, -0.1) is 0 Å². The van der Waals surface area contributed by atoms with Gasteiger partial charge in [0.15, 0.2) is 5.76 Å². The molecule has 4 atom stereocenters. The first-order valence-corrected chi connectivity index (χ1v) is 15.7. The number of amides is 5. The van der Waals surface area contributed by atoms with E-state index in [1.165, 1.54) is 0 Å². The molecule has 0 saturated heterocycles. The van der Waals surface area contributed by atoms with E-state index in [0.29, 0.717) is 41.7 Å². The summed E-state index contributed by atoms with van der Waals surface area (Å²) >= 11 is 0. The van der Waals surface area contributed by atoms with Gasteiger partial charge in [0.05, 0.1) is 30.4 Å². The van der Waals surface area contributed by atoms with Gasteiger partial charge < -0.3 is 44.9 Å². The first kappa shape index (κ1) is 35.6. The van der Waals surface area contributed by atoms with Gasteiger partial charge in [-0.25, -0.2) is 9.59 Å². The Morgan fingerprint density at radius 1 is 1.16 bits per heavy atom. The van der Waals surface area contributed by atoms with Crippen LogP contribution in [-0.2, 0) is 4.74 Å². The first-order valence-electron chi connectivity index (χ1n) is 15.7. The van der Waals surface area contributed by atoms with E-state index in [2.05, 4.69) is 21.1 Å². The molecule has 13 heteroatoms. The molecule has 3 rings (SSSR count). The second kappa shape index (κ2) is 16.5. The number of benzene rings is 1. The third-order valence-corrected chi connectivity index (χ3v) is 7.79. The molecule has 1 aromatic heterocycles. The minimum absolute atomic E-state index is 0.00794. The number of carbonyl (C=O) groups is 3. The number of fused-ring (bicyclic) bond motifs is 1. The van der Waals surface area contributed by atoms with E-state index in [1.54, 1.807) is 55.8 Å². The second-order valence-electron chi connectivity index (χ2n) is 12.3. The third kappa shape index (κ3) is 10.1. The fraction of sp³-hybridized carbons (Fsp3) is 0.625. The molecule has 0 radical (unpaired) electrons. The number of carbonyl (C=O) groups excluding carboxylic acids is 3. The topological polar surface area (TPSA) is 158 Å². The van der Waals surface area contributed by atoms with Crippen LogP contribution in [0.2, 0.25) is 0 Å². The van der Waals surface area contributed by atoms with Gasteiger partial charge in [0.25, 0.3) is 5.91 Å². The number of aliphatic hydroxyl groups excluding tert-OH is 1. The van der Waals surface area contributed by atoms with Gasteiger partial charge >= 0.3 is 12.1 Å². The highest BCUT2D eigenvalue weighted by molar-refractivity contribution is 6.03. The number of aryl methyl sites for hydroxylation is 2. The van der Waals surface area contributed by atoms with Crippen molar-refractivity contribution < 1.29 is 33.5 Å². The lowest BCUT2D eigenvalue weighted by atomic mass is 10.0. The quantitative estimate of drug-likeness (QED) is 0.340. The van der Waals surface area contributed by atoms with Crippen LogP contribution in [0.3, 0.4) is 0 Å². The maximum atomic E-state index is 14.3. The first-order chi connectivity index (χ1) is 21.3. The van der Waals surface area contributed by atoms with Crippen molar-refractivity contribution in [2.24, 2.45) is 5.92 Å². The van der Waals surface area contributed by atoms with Gasteiger partial charge in [-0.3, -0.25) is 4.79 Å². The molecule has 1 aliphatic heterocycles. The molecule has 2 heterocycles. The molecular weight excluding hydrogens is 580 g/mol. The van der Waals surface area contributed by atoms with Crippen LogP contribution in [0.15, 0.2) is 22.7 Å². The summed E-state index contributed by atoms with van der Waals surface area (Å²) in [7, 11) is 1.73. The molecule has 0 saturated carbocycles. The summed E-state index contributed by atoms with van der Waals surface area (Å²) < 4.78 is 17.7. The van der Waals surface area contributed by atoms with E-state index in [1.807, 2.05) is 27.7 Å². The number of nitrogens with zero attached hydrogens (tertiary/aromatic N) is 3.